The average molecular weight is 440 g/mol. The number of benzene rings is 1. The predicted octanol–water partition coefficient (Wildman–Crippen LogP) is 3.00. The normalized spacial score (nSPS) is 17.7. The zero-order valence-electron chi connectivity index (χ0n) is 17.3. The van der Waals surface area contributed by atoms with Gasteiger partial charge in [-0.05, 0) is 54.7 Å². The molecule has 9 heteroatoms. The fraction of sp³-hybridized carbons (Fsp3) is 0.619. The van der Waals surface area contributed by atoms with Gasteiger partial charge in [0.1, 0.15) is 5.82 Å². The van der Waals surface area contributed by atoms with Crippen LogP contribution in [-0.4, -0.2) is 67.7 Å². The van der Waals surface area contributed by atoms with E-state index in [-0.39, 0.29) is 11.7 Å². The number of rotatable bonds is 9. The summed E-state index contributed by atoms with van der Waals surface area (Å²) in [6.45, 7) is 3.76. The lowest BCUT2D eigenvalue weighted by atomic mass is 9.79. The van der Waals surface area contributed by atoms with Crippen LogP contribution in [0.4, 0.5) is 14.9 Å². The lowest BCUT2D eigenvalue weighted by molar-refractivity contribution is -0.133. The molecule has 2 saturated heterocycles. The smallest absolute Gasteiger partial charge is 0.414 e. The van der Waals surface area contributed by atoms with Crippen molar-refractivity contribution in [1.82, 2.24) is 9.62 Å². The van der Waals surface area contributed by atoms with Crippen LogP contribution in [0.25, 0.3) is 0 Å². The van der Waals surface area contributed by atoms with E-state index in [0.717, 1.165) is 51.0 Å². The van der Waals surface area contributed by atoms with Gasteiger partial charge in [-0.2, -0.15) is 0 Å². The molecule has 3 rings (SSSR count). The molecule has 0 aliphatic carbocycles. The van der Waals surface area contributed by atoms with E-state index < -0.39 is 6.09 Å². The number of nitrogens with one attached hydrogen (secondary N) is 1. The first-order valence-corrected chi connectivity index (χ1v) is 11.4. The largest absolute Gasteiger partial charge is 0.464 e. The lowest BCUT2D eigenvalue weighted by Crippen LogP contribution is -2.53. The first-order chi connectivity index (χ1) is 14.5. The van der Waals surface area contributed by atoms with Gasteiger partial charge in [-0.25, -0.2) is 9.18 Å². The maximum Gasteiger partial charge on any atom is 0.414 e. The summed E-state index contributed by atoms with van der Waals surface area (Å²) in [5.74, 6) is 1.57. The van der Waals surface area contributed by atoms with Gasteiger partial charge in [-0.1, -0.05) is 12.1 Å². The van der Waals surface area contributed by atoms with Gasteiger partial charge in [-0.15, -0.1) is 0 Å². The number of halogens is 1. The van der Waals surface area contributed by atoms with E-state index in [0.29, 0.717) is 48.3 Å². The Labute approximate surface area is 181 Å². The fourth-order valence-corrected chi connectivity index (χ4v) is 4.80. The number of amides is 2. The number of hydrogen-bond acceptors (Lipinski definition) is 5. The van der Waals surface area contributed by atoms with Crippen LogP contribution in [0.3, 0.4) is 0 Å². The standard InChI is InChI=1S/C21H30FN3O4S/c1-29-11-7-19(26)24-9-5-15(6-10-24)17-13-25(14-17)18-4-2-3-16(20(18)22)8-12-30-23-21(27)28/h2-4,15,17,23H,5-14H2,1H3,(H,27,28). The van der Waals surface area contributed by atoms with Gasteiger partial charge in [0, 0.05) is 39.0 Å². The Morgan fingerprint density at radius 1 is 1.27 bits per heavy atom. The third kappa shape index (κ3) is 5.78. The highest BCUT2D eigenvalue weighted by atomic mass is 32.2. The van der Waals surface area contributed by atoms with Gasteiger partial charge in [0.25, 0.3) is 0 Å². The van der Waals surface area contributed by atoms with Crippen LogP contribution >= 0.6 is 11.9 Å². The number of piperidine rings is 1. The number of hydrogen-bond donors (Lipinski definition) is 2. The Bertz CT molecular complexity index is 737. The molecule has 2 aliphatic rings. The van der Waals surface area contributed by atoms with Crippen LogP contribution < -0.4 is 9.62 Å². The van der Waals surface area contributed by atoms with Crippen LogP contribution in [0.2, 0.25) is 0 Å². The molecule has 2 aliphatic heterocycles. The van der Waals surface area contributed by atoms with Gasteiger partial charge in [0.15, 0.2) is 0 Å². The quantitative estimate of drug-likeness (QED) is 0.455. The second kappa shape index (κ2) is 10.9. The molecule has 0 unspecified atom stereocenters. The average Bonchev–Trinajstić information content (AvgIpc) is 2.70. The molecule has 30 heavy (non-hydrogen) atoms. The maximum atomic E-state index is 14.9. The number of carboxylic acid groups (broad SMARTS) is 1. The zero-order valence-corrected chi connectivity index (χ0v) is 18.1. The Balaban J connectivity index is 1.45. The van der Waals surface area contributed by atoms with Crippen molar-refractivity contribution in [3.63, 3.8) is 0 Å². The molecule has 2 N–H and O–H groups in total. The van der Waals surface area contributed by atoms with Gasteiger partial charge in [-0.3, -0.25) is 9.52 Å². The molecule has 2 amide bonds. The molecule has 1 aromatic carbocycles. The van der Waals surface area contributed by atoms with E-state index in [9.17, 15) is 14.0 Å². The molecular formula is C21H30FN3O4S. The minimum Gasteiger partial charge on any atom is -0.464 e. The Hall–Kier alpha value is -2.00. The van der Waals surface area contributed by atoms with E-state index in [2.05, 4.69) is 9.62 Å². The Morgan fingerprint density at radius 2 is 2.00 bits per heavy atom. The summed E-state index contributed by atoms with van der Waals surface area (Å²) in [7, 11) is 1.61. The van der Waals surface area contributed by atoms with E-state index in [1.807, 2.05) is 17.0 Å². The topological polar surface area (TPSA) is 82.1 Å². The molecule has 7 nitrogen and oxygen atoms in total. The third-order valence-electron chi connectivity index (χ3n) is 6.02. The number of likely N-dealkylation sites (tertiary alicyclic amines) is 1. The van der Waals surface area contributed by atoms with E-state index in [4.69, 9.17) is 9.84 Å². The molecule has 166 valence electrons. The molecule has 0 bridgehead atoms. The van der Waals surface area contributed by atoms with Crippen molar-refractivity contribution in [2.24, 2.45) is 11.8 Å². The van der Waals surface area contributed by atoms with Gasteiger partial charge < -0.3 is 19.6 Å². The number of carbonyl (C=O) groups is 2. The maximum absolute atomic E-state index is 14.9. The molecule has 0 spiro atoms. The van der Waals surface area contributed by atoms with E-state index in [1.165, 1.54) is 0 Å². The number of nitrogens with zero attached hydrogens (tertiary/aromatic N) is 2. The third-order valence-corrected chi connectivity index (χ3v) is 6.75. The summed E-state index contributed by atoms with van der Waals surface area (Å²) in [5, 5.41) is 8.59. The van der Waals surface area contributed by atoms with Crippen molar-refractivity contribution < 1.29 is 23.8 Å². The first kappa shape index (κ1) is 22.7. The Morgan fingerprint density at radius 3 is 2.67 bits per heavy atom. The monoisotopic (exact) mass is 439 g/mol. The van der Waals surface area contributed by atoms with Crippen LogP contribution in [0.15, 0.2) is 18.2 Å². The number of ether oxygens (including phenoxy) is 1. The van der Waals surface area contributed by atoms with Crippen LogP contribution in [0.1, 0.15) is 24.8 Å². The van der Waals surface area contributed by atoms with Crippen molar-refractivity contribution in [3.05, 3.63) is 29.6 Å². The van der Waals surface area contributed by atoms with E-state index >= 15 is 0 Å². The number of aryl methyl sites for hydroxylation is 1. The van der Waals surface area contributed by atoms with Gasteiger partial charge in [0.05, 0.1) is 18.7 Å². The lowest BCUT2D eigenvalue weighted by Gasteiger charge is -2.47. The summed E-state index contributed by atoms with van der Waals surface area (Å²) in [6, 6.07) is 5.43. The van der Waals surface area contributed by atoms with Crippen molar-refractivity contribution in [1.29, 1.82) is 0 Å². The SMILES string of the molecule is COCCC(=O)N1CCC(C2CN(c3cccc(CCSNC(=O)O)c3F)C2)CC1. The summed E-state index contributed by atoms with van der Waals surface area (Å²) in [4.78, 5) is 26.6. The highest BCUT2D eigenvalue weighted by Crippen LogP contribution is 2.36. The number of carbonyl (C=O) groups excluding carboxylic acids is 1. The van der Waals surface area contributed by atoms with Crippen molar-refractivity contribution in [2.45, 2.75) is 25.7 Å². The summed E-state index contributed by atoms with van der Waals surface area (Å²) in [5.41, 5.74) is 1.24. The van der Waals surface area contributed by atoms with Crippen LogP contribution in [0, 0.1) is 17.7 Å². The molecule has 0 aromatic heterocycles. The molecule has 0 atom stereocenters. The molecule has 2 heterocycles. The minimum atomic E-state index is -1.09. The summed E-state index contributed by atoms with van der Waals surface area (Å²) < 4.78 is 22.1. The second-order valence-electron chi connectivity index (χ2n) is 7.88. The molecule has 0 saturated carbocycles. The Kier molecular flexibility index (Phi) is 8.21. The number of methoxy groups -OCH3 is 1. The fourth-order valence-electron chi connectivity index (χ4n) is 4.25. The highest BCUT2D eigenvalue weighted by molar-refractivity contribution is 7.97. The highest BCUT2D eigenvalue weighted by Gasteiger charge is 2.37. The summed E-state index contributed by atoms with van der Waals surface area (Å²) in [6.07, 6.45) is 1.84. The first-order valence-electron chi connectivity index (χ1n) is 10.4. The molecule has 2 fully saturated rings. The van der Waals surface area contributed by atoms with Crippen molar-refractivity contribution in [3.8, 4) is 0 Å². The van der Waals surface area contributed by atoms with Gasteiger partial charge >= 0.3 is 6.09 Å². The predicted molar refractivity (Wildman–Crippen MR) is 115 cm³/mol. The molecule has 0 radical (unpaired) electrons. The number of anilines is 1. The van der Waals surface area contributed by atoms with E-state index in [1.54, 1.807) is 13.2 Å². The minimum absolute atomic E-state index is 0.168. The summed E-state index contributed by atoms with van der Waals surface area (Å²) >= 11 is 1.06. The van der Waals surface area contributed by atoms with Crippen LogP contribution in [-0.2, 0) is 16.0 Å². The zero-order chi connectivity index (χ0) is 21.5. The molecule has 1 aromatic rings. The van der Waals surface area contributed by atoms with Crippen molar-refractivity contribution in [2.75, 3.05) is 50.5 Å². The second-order valence-corrected chi connectivity index (χ2v) is 8.78. The van der Waals surface area contributed by atoms with Crippen molar-refractivity contribution >= 4 is 29.6 Å². The van der Waals surface area contributed by atoms with Gasteiger partial charge in [0.2, 0.25) is 5.91 Å². The van der Waals surface area contributed by atoms with Crippen LogP contribution in [0.5, 0.6) is 0 Å². The molecular weight excluding hydrogens is 409 g/mol.